The standard InChI is InChI=1S/C36H42N4O6S/c1-21(41)39-28-12-10-22-18-32(44-2)34(45-3)35(46-4)33(22)25-11-13-29(31(42)19-26(25)28)40-30(15-17-47-5)36(43)37-16-14-23-20-38-27-9-7-6-8-24(23)27/h6-9,11,13,18-20,28,30,38H,10,12,14-17H2,1-5H3,(H,37,43)(H,39,41)(H,40,42)/t28-,30+/m1/s1. The van der Waals surface area contributed by atoms with E-state index in [1.807, 2.05) is 42.8 Å². The lowest BCUT2D eigenvalue weighted by Gasteiger charge is -2.19. The van der Waals surface area contributed by atoms with Crippen molar-refractivity contribution in [1.82, 2.24) is 15.6 Å². The molecule has 47 heavy (non-hydrogen) atoms. The molecule has 4 aromatic rings. The fraction of sp³-hybridized carbons (Fsp3) is 0.361. The average molecular weight is 659 g/mol. The van der Waals surface area contributed by atoms with Crippen molar-refractivity contribution in [2.75, 3.05) is 45.2 Å². The maximum Gasteiger partial charge on any atom is 0.242 e. The molecule has 3 aromatic carbocycles. The van der Waals surface area contributed by atoms with Gasteiger partial charge < -0.3 is 35.1 Å². The van der Waals surface area contributed by atoms with E-state index in [9.17, 15) is 14.4 Å². The molecule has 0 unspecified atom stereocenters. The minimum atomic E-state index is -0.627. The molecule has 0 radical (unpaired) electrons. The number of ether oxygens (including phenoxy) is 3. The van der Waals surface area contributed by atoms with Crippen molar-refractivity contribution in [2.45, 2.75) is 44.7 Å². The fourth-order valence-electron chi connectivity index (χ4n) is 6.30. The number of aromatic nitrogens is 1. The molecule has 0 bridgehead atoms. The van der Waals surface area contributed by atoms with E-state index in [1.54, 1.807) is 45.2 Å². The summed E-state index contributed by atoms with van der Waals surface area (Å²) in [5.74, 6) is 1.80. The van der Waals surface area contributed by atoms with Crippen molar-refractivity contribution in [3.05, 3.63) is 81.6 Å². The maximum absolute atomic E-state index is 13.9. The van der Waals surface area contributed by atoms with Gasteiger partial charge in [0.05, 0.1) is 33.1 Å². The summed E-state index contributed by atoms with van der Waals surface area (Å²) >= 11 is 1.64. The van der Waals surface area contributed by atoms with Gasteiger partial charge in [-0.05, 0) is 84.2 Å². The Morgan fingerprint density at radius 3 is 2.55 bits per heavy atom. The van der Waals surface area contributed by atoms with Crippen molar-refractivity contribution in [3.63, 3.8) is 0 Å². The lowest BCUT2D eigenvalue weighted by Crippen LogP contribution is -2.41. The zero-order chi connectivity index (χ0) is 33.5. The largest absolute Gasteiger partial charge is 0.493 e. The van der Waals surface area contributed by atoms with Crippen LogP contribution in [0.25, 0.3) is 22.0 Å². The van der Waals surface area contributed by atoms with E-state index in [0.29, 0.717) is 60.7 Å². The van der Waals surface area contributed by atoms with Gasteiger partial charge >= 0.3 is 0 Å². The van der Waals surface area contributed by atoms with Crippen LogP contribution in [0.1, 0.15) is 42.5 Å². The van der Waals surface area contributed by atoms with E-state index >= 15 is 0 Å². The van der Waals surface area contributed by atoms with E-state index in [1.165, 1.54) is 6.92 Å². The number of carbonyl (C=O) groups is 2. The second kappa shape index (κ2) is 15.3. The van der Waals surface area contributed by atoms with Crippen LogP contribution in [0.5, 0.6) is 17.2 Å². The van der Waals surface area contributed by atoms with Crippen LogP contribution in [-0.2, 0) is 22.4 Å². The van der Waals surface area contributed by atoms with Gasteiger partial charge in [-0.1, -0.05) is 24.3 Å². The number of para-hydroxylation sites is 1. The number of aromatic amines is 1. The minimum Gasteiger partial charge on any atom is -0.493 e. The topological polar surface area (TPSA) is 131 Å². The first-order valence-electron chi connectivity index (χ1n) is 15.6. The van der Waals surface area contributed by atoms with E-state index in [-0.39, 0.29) is 17.2 Å². The number of rotatable bonds is 13. The third-order valence-electron chi connectivity index (χ3n) is 8.54. The second-order valence-electron chi connectivity index (χ2n) is 11.5. The molecule has 5 rings (SSSR count). The third kappa shape index (κ3) is 7.35. The summed E-state index contributed by atoms with van der Waals surface area (Å²) in [5.41, 5.74) is 5.28. The fourth-order valence-corrected chi connectivity index (χ4v) is 6.77. The van der Waals surface area contributed by atoms with Crippen molar-refractivity contribution in [2.24, 2.45) is 0 Å². The number of H-pyrrole nitrogens is 1. The Morgan fingerprint density at radius 1 is 1.04 bits per heavy atom. The molecule has 0 saturated heterocycles. The molecule has 248 valence electrons. The van der Waals surface area contributed by atoms with Gasteiger partial charge in [0.1, 0.15) is 6.04 Å². The predicted octanol–water partition coefficient (Wildman–Crippen LogP) is 5.24. The number of nitrogens with one attached hydrogen (secondary N) is 4. The average Bonchev–Trinajstić information content (AvgIpc) is 3.34. The van der Waals surface area contributed by atoms with Gasteiger partial charge in [-0.3, -0.25) is 14.4 Å². The number of hydrogen-bond acceptors (Lipinski definition) is 8. The van der Waals surface area contributed by atoms with Crippen LogP contribution >= 0.6 is 11.8 Å². The molecule has 1 aliphatic carbocycles. The maximum atomic E-state index is 13.9. The van der Waals surface area contributed by atoms with Gasteiger partial charge in [-0.2, -0.15) is 11.8 Å². The number of thioether (sulfide) groups is 1. The molecule has 0 spiro atoms. The first-order valence-corrected chi connectivity index (χ1v) is 17.0. The quantitative estimate of drug-likeness (QED) is 0.154. The summed E-state index contributed by atoms with van der Waals surface area (Å²) in [4.78, 5) is 42.9. The van der Waals surface area contributed by atoms with E-state index < -0.39 is 12.1 Å². The first-order chi connectivity index (χ1) is 22.8. The molecule has 1 aliphatic rings. The van der Waals surface area contributed by atoms with Gasteiger partial charge in [0.15, 0.2) is 11.5 Å². The van der Waals surface area contributed by atoms with Crippen LogP contribution in [0.4, 0.5) is 5.69 Å². The number of methoxy groups -OCH3 is 3. The van der Waals surface area contributed by atoms with Gasteiger partial charge in [0.25, 0.3) is 0 Å². The van der Waals surface area contributed by atoms with Crippen molar-refractivity contribution >= 4 is 40.2 Å². The summed E-state index contributed by atoms with van der Waals surface area (Å²) in [7, 11) is 4.69. The molecule has 11 heteroatoms. The summed E-state index contributed by atoms with van der Waals surface area (Å²) in [6.45, 7) is 1.92. The summed E-state index contributed by atoms with van der Waals surface area (Å²) in [6.07, 6.45) is 6.32. The Morgan fingerprint density at radius 2 is 1.83 bits per heavy atom. The van der Waals surface area contributed by atoms with Crippen LogP contribution in [0.15, 0.2) is 59.5 Å². The zero-order valence-corrected chi connectivity index (χ0v) is 28.3. The van der Waals surface area contributed by atoms with Gasteiger partial charge in [-0.15, -0.1) is 0 Å². The molecule has 1 aromatic heterocycles. The first kappa shape index (κ1) is 33.7. The number of amides is 2. The molecular formula is C36H42N4O6S. The van der Waals surface area contributed by atoms with Crippen LogP contribution in [-0.4, -0.2) is 62.7 Å². The van der Waals surface area contributed by atoms with Gasteiger partial charge in [0, 0.05) is 36.1 Å². The minimum absolute atomic E-state index is 0.175. The Kier molecular flexibility index (Phi) is 11.0. The summed E-state index contributed by atoms with van der Waals surface area (Å²) in [5, 5.41) is 10.5. The second-order valence-corrected chi connectivity index (χ2v) is 12.5. The van der Waals surface area contributed by atoms with Crippen LogP contribution in [0, 0.1) is 0 Å². The van der Waals surface area contributed by atoms with Crippen molar-refractivity contribution in [3.8, 4) is 28.4 Å². The highest BCUT2D eigenvalue weighted by Gasteiger charge is 2.30. The Hall–Kier alpha value is -4.64. The molecule has 4 N–H and O–H groups in total. The number of aryl methyl sites for hydroxylation is 1. The lowest BCUT2D eigenvalue weighted by atomic mass is 9.95. The number of fused-ring (bicyclic) bond motifs is 4. The zero-order valence-electron chi connectivity index (χ0n) is 27.5. The summed E-state index contributed by atoms with van der Waals surface area (Å²) in [6, 6.07) is 14.1. The normalized spacial score (nSPS) is 14.3. The Labute approximate surface area is 279 Å². The number of anilines is 1. The molecule has 2 atom stereocenters. The van der Waals surface area contributed by atoms with Crippen molar-refractivity contribution in [1.29, 1.82) is 0 Å². The highest BCUT2D eigenvalue weighted by Crippen LogP contribution is 2.50. The van der Waals surface area contributed by atoms with E-state index in [0.717, 1.165) is 38.9 Å². The molecular weight excluding hydrogens is 616 g/mol. The highest BCUT2D eigenvalue weighted by molar-refractivity contribution is 7.98. The lowest BCUT2D eigenvalue weighted by molar-refractivity contribution is -0.122. The molecule has 0 aliphatic heterocycles. The molecule has 10 nitrogen and oxygen atoms in total. The van der Waals surface area contributed by atoms with E-state index in [4.69, 9.17) is 14.2 Å². The number of hydrogen-bond donors (Lipinski definition) is 4. The molecule has 2 amide bonds. The Balaban J connectivity index is 1.49. The monoisotopic (exact) mass is 658 g/mol. The van der Waals surface area contributed by atoms with Crippen molar-refractivity contribution < 1.29 is 23.8 Å². The van der Waals surface area contributed by atoms with Crippen LogP contribution in [0.3, 0.4) is 0 Å². The van der Waals surface area contributed by atoms with Gasteiger partial charge in [0.2, 0.25) is 23.0 Å². The van der Waals surface area contributed by atoms with E-state index in [2.05, 4.69) is 27.0 Å². The third-order valence-corrected chi connectivity index (χ3v) is 9.19. The Bertz CT molecular complexity index is 1820. The predicted molar refractivity (Wildman–Crippen MR) is 188 cm³/mol. The number of benzene rings is 2. The van der Waals surface area contributed by atoms with Crippen LogP contribution in [0.2, 0.25) is 0 Å². The number of carbonyl (C=O) groups excluding carboxylic acids is 2. The molecule has 1 heterocycles. The highest BCUT2D eigenvalue weighted by atomic mass is 32.2. The molecule has 0 fully saturated rings. The SMILES string of the molecule is COc1cc2c(c(OC)c1OC)-c1ccc(N[C@@H](CCSC)C(=O)NCCc3c[nH]c4ccccc34)c(=O)cc1[C@H](NC(C)=O)CC2. The van der Waals surface area contributed by atoms with Gasteiger partial charge in [-0.25, -0.2) is 0 Å². The van der Waals surface area contributed by atoms with Crippen LogP contribution < -0.4 is 35.6 Å². The smallest absolute Gasteiger partial charge is 0.242 e. The summed E-state index contributed by atoms with van der Waals surface area (Å²) < 4.78 is 17.2. The molecule has 0 saturated carbocycles.